The molecule has 1 fully saturated rings. The Morgan fingerprint density at radius 1 is 1.20 bits per heavy atom. The second-order valence-corrected chi connectivity index (χ2v) is 5.74. The fraction of sp³-hybridized carbons (Fsp3) is 0.733. The van der Waals surface area contributed by atoms with E-state index < -0.39 is 17.8 Å². The molecule has 0 radical (unpaired) electrons. The van der Waals surface area contributed by atoms with Crippen LogP contribution in [-0.4, -0.2) is 46.7 Å². The van der Waals surface area contributed by atoms with E-state index in [0.717, 1.165) is 19.3 Å². The highest BCUT2D eigenvalue weighted by Gasteiger charge is 2.52. The van der Waals surface area contributed by atoms with Crippen LogP contribution in [0, 0.1) is 23.7 Å². The highest BCUT2D eigenvalue weighted by molar-refractivity contribution is 5.87. The quantitative estimate of drug-likeness (QED) is 0.686. The van der Waals surface area contributed by atoms with Crippen LogP contribution in [0.25, 0.3) is 0 Å². The molecule has 2 rings (SSSR count). The van der Waals surface area contributed by atoms with Crippen LogP contribution in [0.2, 0.25) is 0 Å². The predicted molar refractivity (Wildman–Crippen MR) is 73.9 cm³/mol. The molecule has 0 saturated heterocycles. The van der Waals surface area contributed by atoms with Gasteiger partial charge < -0.3 is 15.1 Å². The third-order valence-corrected chi connectivity index (χ3v) is 4.49. The lowest BCUT2D eigenvalue weighted by Gasteiger charge is -2.30. The molecule has 5 heteroatoms. The van der Waals surface area contributed by atoms with Gasteiger partial charge in [0.05, 0.1) is 18.4 Å². The van der Waals surface area contributed by atoms with Gasteiger partial charge in [0.25, 0.3) is 0 Å². The van der Waals surface area contributed by atoms with E-state index in [1.54, 1.807) is 4.90 Å². The summed E-state index contributed by atoms with van der Waals surface area (Å²) in [6, 6.07) is 0. The Bertz CT molecular complexity index is 407. The van der Waals surface area contributed by atoms with Crippen LogP contribution in [0.1, 0.15) is 26.2 Å². The summed E-state index contributed by atoms with van der Waals surface area (Å²) in [5, 5.41) is 18.5. The van der Waals surface area contributed by atoms with Gasteiger partial charge in [-0.05, 0) is 24.7 Å². The maximum absolute atomic E-state index is 12.7. The molecule has 0 spiro atoms. The predicted octanol–water partition coefficient (Wildman–Crippen LogP) is 1.13. The number of nitrogens with zero attached hydrogens (tertiary/aromatic N) is 1. The summed E-state index contributed by atoms with van der Waals surface area (Å²) in [7, 11) is 0. The van der Waals surface area contributed by atoms with Crippen LogP contribution in [0.3, 0.4) is 0 Å². The summed E-state index contributed by atoms with van der Waals surface area (Å²) in [5.41, 5.74) is 0. The zero-order chi connectivity index (χ0) is 14.7. The number of aliphatic hydroxyl groups excluding tert-OH is 1. The van der Waals surface area contributed by atoms with Crippen LogP contribution in [0.15, 0.2) is 12.2 Å². The third-order valence-electron chi connectivity index (χ3n) is 4.49. The lowest BCUT2D eigenvalue weighted by atomic mass is 9.82. The Morgan fingerprint density at radius 2 is 1.85 bits per heavy atom. The van der Waals surface area contributed by atoms with E-state index >= 15 is 0 Å². The summed E-state index contributed by atoms with van der Waals surface area (Å²) >= 11 is 0. The maximum atomic E-state index is 12.7. The molecule has 0 heterocycles. The topological polar surface area (TPSA) is 77.8 Å². The van der Waals surface area contributed by atoms with Crippen LogP contribution < -0.4 is 0 Å². The number of carboxylic acid groups (broad SMARTS) is 1. The van der Waals surface area contributed by atoms with E-state index in [0.29, 0.717) is 13.1 Å². The number of hydrogen-bond acceptors (Lipinski definition) is 3. The van der Waals surface area contributed by atoms with Gasteiger partial charge in [-0.3, -0.25) is 9.59 Å². The van der Waals surface area contributed by atoms with E-state index in [4.69, 9.17) is 5.11 Å². The number of hydrogen-bond donors (Lipinski definition) is 2. The monoisotopic (exact) mass is 281 g/mol. The van der Waals surface area contributed by atoms with Crippen LogP contribution in [0.5, 0.6) is 0 Å². The van der Waals surface area contributed by atoms with Crippen molar-refractivity contribution in [2.45, 2.75) is 26.2 Å². The number of unbranched alkanes of at least 4 members (excludes halogenated alkanes) is 1. The maximum Gasteiger partial charge on any atom is 0.307 e. The van der Waals surface area contributed by atoms with Gasteiger partial charge in [-0.2, -0.15) is 0 Å². The lowest BCUT2D eigenvalue weighted by Crippen LogP contribution is -2.44. The Kier molecular flexibility index (Phi) is 4.81. The zero-order valence-electron chi connectivity index (χ0n) is 11.9. The SMILES string of the molecule is CCCCN(CCO)C(=O)C1C2C=CC(C2)C1C(=O)O. The van der Waals surface area contributed by atoms with Gasteiger partial charge in [0, 0.05) is 13.1 Å². The molecule has 112 valence electrons. The fourth-order valence-electron chi connectivity index (χ4n) is 3.51. The van der Waals surface area contributed by atoms with Crippen molar-refractivity contribution < 1.29 is 19.8 Å². The molecule has 20 heavy (non-hydrogen) atoms. The first-order valence-corrected chi connectivity index (χ1v) is 7.41. The van der Waals surface area contributed by atoms with Crippen LogP contribution >= 0.6 is 0 Å². The fourth-order valence-corrected chi connectivity index (χ4v) is 3.51. The molecule has 4 unspecified atom stereocenters. The number of allylic oxidation sites excluding steroid dienone is 2. The van der Waals surface area contributed by atoms with Crippen molar-refractivity contribution >= 4 is 11.9 Å². The highest BCUT2D eigenvalue weighted by Crippen LogP contribution is 2.48. The van der Waals surface area contributed by atoms with Crippen molar-refractivity contribution in [1.82, 2.24) is 4.90 Å². The van der Waals surface area contributed by atoms with E-state index in [9.17, 15) is 14.7 Å². The molecular weight excluding hydrogens is 258 g/mol. The number of amides is 1. The molecule has 4 atom stereocenters. The van der Waals surface area contributed by atoms with Gasteiger partial charge in [0.1, 0.15) is 0 Å². The minimum atomic E-state index is -0.875. The molecule has 0 aromatic rings. The molecule has 5 nitrogen and oxygen atoms in total. The van der Waals surface area contributed by atoms with Crippen molar-refractivity contribution in [2.24, 2.45) is 23.7 Å². The number of carboxylic acids is 1. The molecule has 1 saturated carbocycles. The van der Waals surface area contributed by atoms with Crippen LogP contribution in [-0.2, 0) is 9.59 Å². The Labute approximate surface area is 119 Å². The summed E-state index contributed by atoms with van der Waals surface area (Å²) < 4.78 is 0. The van der Waals surface area contributed by atoms with Gasteiger partial charge in [-0.15, -0.1) is 0 Å². The first-order chi connectivity index (χ1) is 9.60. The number of aliphatic hydroxyl groups is 1. The Morgan fingerprint density at radius 3 is 2.40 bits per heavy atom. The number of aliphatic carboxylic acids is 1. The summed E-state index contributed by atoms with van der Waals surface area (Å²) in [4.78, 5) is 25.7. The van der Waals surface area contributed by atoms with E-state index in [1.807, 2.05) is 19.1 Å². The molecule has 2 bridgehead atoms. The van der Waals surface area contributed by atoms with Crippen molar-refractivity contribution in [2.75, 3.05) is 19.7 Å². The largest absolute Gasteiger partial charge is 0.481 e. The standard InChI is InChI=1S/C15H23NO4/c1-2-3-6-16(7-8-17)14(18)12-10-4-5-11(9-10)13(12)15(19)20/h4-5,10-13,17H,2-3,6-9H2,1H3,(H,19,20). The summed E-state index contributed by atoms with van der Waals surface area (Å²) in [6.07, 6.45) is 6.54. The molecular formula is C15H23NO4. The number of carbonyl (C=O) groups is 2. The third kappa shape index (κ3) is 2.73. The van der Waals surface area contributed by atoms with Gasteiger partial charge in [0.15, 0.2) is 0 Å². The molecule has 0 aromatic carbocycles. The van der Waals surface area contributed by atoms with E-state index in [-0.39, 0.29) is 24.3 Å². The van der Waals surface area contributed by atoms with Crippen molar-refractivity contribution in [1.29, 1.82) is 0 Å². The van der Waals surface area contributed by atoms with Gasteiger partial charge in [-0.25, -0.2) is 0 Å². The number of fused-ring (bicyclic) bond motifs is 2. The normalized spacial score (nSPS) is 30.7. The Balaban J connectivity index is 2.13. The second kappa shape index (κ2) is 6.39. The average Bonchev–Trinajstić information content (AvgIpc) is 3.02. The summed E-state index contributed by atoms with van der Waals surface area (Å²) in [5.74, 6) is -1.98. The lowest BCUT2D eigenvalue weighted by molar-refractivity contribution is -0.151. The zero-order valence-corrected chi connectivity index (χ0v) is 11.9. The van der Waals surface area contributed by atoms with Crippen molar-refractivity contribution in [3.05, 3.63) is 12.2 Å². The second-order valence-electron chi connectivity index (χ2n) is 5.74. The first kappa shape index (κ1) is 15.0. The van der Waals surface area contributed by atoms with Gasteiger partial charge >= 0.3 is 5.97 Å². The molecule has 2 aliphatic rings. The molecule has 0 aromatic heterocycles. The molecule has 1 amide bonds. The average molecular weight is 281 g/mol. The molecule has 2 N–H and O–H groups in total. The first-order valence-electron chi connectivity index (χ1n) is 7.41. The van der Waals surface area contributed by atoms with Gasteiger partial charge in [0.2, 0.25) is 5.91 Å². The number of rotatable bonds is 7. The molecule has 2 aliphatic carbocycles. The van der Waals surface area contributed by atoms with Crippen LogP contribution in [0.4, 0.5) is 0 Å². The minimum Gasteiger partial charge on any atom is -0.481 e. The smallest absolute Gasteiger partial charge is 0.307 e. The summed E-state index contributed by atoms with van der Waals surface area (Å²) in [6.45, 7) is 2.86. The van der Waals surface area contributed by atoms with E-state index in [2.05, 4.69) is 0 Å². The molecule has 0 aliphatic heterocycles. The Hall–Kier alpha value is -1.36. The number of carbonyl (C=O) groups excluding carboxylic acids is 1. The van der Waals surface area contributed by atoms with Crippen molar-refractivity contribution in [3.8, 4) is 0 Å². The van der Waals surface area contributed by atoms with E-state index in [1.165, 1.54) is 0 Å². The van der Waals surface area contributed by atoms with Crippen molar-refractivity contribution in [3.63, 3.8) is 0 Å². The highest BCUT2D eigenvalue weighted by atomic mass is 16.4. The minimum absolute atomic E-state index is 0.00592. The van der Waals surface area contributed by atoms with Gasteiger partial charge in [-0.1, -0.05) is 25.5 Å².